The molecule has 3 rings (SSSR count). The Morgan fingerprint density at radius 2 is 1.81 bits per heavy atom. The van der Waals surface area contributed by atoms with Crippen molar-refractivity contribution in [3.63, 3.8) is 0 Å². The summed E-state index contributed by atoms with van der Waals surface area (Å²) in [5.41, 5.74) is 3.14. The first-order valence-electron chi connectivity index (χ1n) is 9.50. The van der Waals surface area contributed by atoms with Crippen LogP contribution in [0.4, 0.5) is 0 Å². The fraction of sp³-hybridized carbons (Fsp3) is 0.391. The van der Waals surface area contributed by atoms with Crippen molar-refractivity contribution >= 4 is 11.6 Å². The minimum Gasteiger partial charge on any atom is -0.299 e. The maximum atomic E-state index is 12.6. The molecule has 0 N–H and O–H groups in total. The molecule has 0 aromatic heterocycles. The number of carbonyl (C=O) groups excluding carboxylic acids is 2. The summed E-state index contributed by atoms with van der Waals surface area (Å²) in [6, 6.07) is 18.1. The second-order valence-corrected chi connectivity index (χ2v) is 7.28. The highest BCUT2D eigenvalue weighted by Crippen LogP contribution is 2.21. The quantitative estimate of drug-likeness (QED) is 0.699. The van der Waals surface area contributed by atoms with Crippen molar-refractivity contribution in [2.45, 2.75) is 39.2 Å². The average molecular weight is 349 g/mol. The molecule has 0 unspecified atom stereocenters. The highest BCUT2D eigenvalue weighted by atomic mass is 16.1. The Balaban J connectivity index is 1.54. The van der Waals surface area contributed by atoms with Crippen LogP contribution < -0.4 is 0 Å². The van der Waals surface area contributed by atoms with E-state index in [4.69, 9.17) is 0 Å². The summed E-state index contributed by atoms with van der Waals surface area (Å²) in [6.45, 7) is 4.26. The van der Waals surface area contributed by atoms with Gasteiger partial charge in [-0.2, -0.15) is 0 Å². The minimum atomic E-state index is 0.0967. The van der Waals surface area contributed by atoms with Crippen LogP contribution in [-0.2, 0) is 17.8 Å². The van der Waals surface area contributed by atoms with Crippen molar-refractivity contribution in [2.24, 2.45) is 5.92 Å². The Labute approximate surface area is 156 Å². The van der Waals surface area contributed by atoms with E-state index in [1.54, 1.807) is 6.92 Å². The SMILES string of the molecule is CC(=O)c1cccc(CN2CCC[C@H](C(=O)CCc3ccccc3)C2)c1. The number of piperidine rings is 1. The number of Topliss-reactive ketones (excluding diaryl/α,β-unsaturated/α-hetero) is 2. The van der Waals surface area contributed by atoms with Crippen LogP contribution >= 0.6 is 0 Å². The average Bonchev–Trinajstić information content (AvgIpc) is 2.67. The molecular weight excluding hydrogens is 322 g/mol. The number of hydrogen-bond donors (Lipinski definition) is 0. The van der Waals surface area contributed by atoms with Gasteiger partial charge < -0.3 is 0 Å². The molecule has 0 amide bonds. The van der Waals surface area contributed by atoms with Crippen molar-refractivity contribution in [3.8, 4) is 0 Å². The topological polar surface area (TPSA) is 37.4 Å². The molecule has 0 radical (unpaired) electrons. The second kappa shape index (κ2) is 8.91. The van der Waals surface area contributed by atoms with E-state index in [0.29, 0.717) is 12.2 Å². The van der Waals surface area contributed by atoms with E-state index in [9.17, 15) is 9.59 Å². The number of nitrogens with zero attached hydrogens (tertiary/aromatic N) is 1. The van der Waals surface area contributed by atoms with E-state index >= 15 is 0 Å². The number of aryl methyl sites for hydroxylation is 1. The molecule has 1 atom stereocenters. The number of hydrogen-bond acceptors (Lipinski definition) is 3. The fourth-order valence-corrected chi connectivity index (χ4v) is 3.73. The molecule has 2 aromatic carbocycles. The van der Waals surface area contributed by atoms with Gasteiger partial charge in [0.1, 0.15) is 5.78 Å². The van der Waals surface area contributed by atoms with E-state index in [0.717, 1.165) is 50.0 Å². The van der Waals surface area contributed by atoms with Gasteiger partial charge in [-0.3, -0.25) is 14.5 Å². The van der Waals surface area contributed by atoms with Gasteiger partial charge in [-0.25, -0.2) is 0 Å². The molecule has 0 bridgehead atoms. The molecule has 0 saturated carbocycles. The molecule has 0 aliphatic carbocycles. The van der Waals surface area contributed by atoms with Crippen LogP contribution in [0.15, 0.2) is 54.6 Å². The zero-order chi connectivity index (χ0) is 18.4. The molecule has 1 fully saturated rings. The molecule has 2 aromatic rings. The lowest BCUT2D eigenvalue weighted by molar-refractivity contribution is -0.124. The Kier molecular flexibility index (Phi) is 6.35. The standard InChI is InChI=1S/C23H27NO2/c1-18(25)21-10-5-9-20(15-21)16-24-14-6-11-22(17-24)23(26)13-12-19-7-3-2-4-8-19/h2-5,7-10,15,22H,6,11-14,16-17H2,1H3/t22-/m0/s1. The van der Waals surface area contributed by atoms with Crippen LogP contribution in [-0.4, -0.2) is 29.6 Å². The predicted octanol–water partition coefficient (Wildman–Crippen LogP) is 4.30. The summed E-state index contributed by atoms with van der Waals surface area (Å²) in [7, 11) is 0. The van der Waals surface area contributed by atoms with Gasteiger partial charge in [-0.05, 0) is 49.9 Å². The van der Waals surface area contributed by atoms with Crippen LogP contribution in [0.5, 0.6) is 0 Å². The first kappa shape index (κ1) is 18.5. The summed E-state index contributed by atoms with van der Waals surface area (Å²) in [5.74, 6) is 0.624. The molecular formula is C23H27NO2. The van der Waals surface area contributed by atoms with E-state index in [2.05, 4.69) is 23.1 Å². The van der Waals surface area contributed by atoms with Crippen LogP contribution in [0.1, 0.15) is 47.7 Å². The van der Waals surface area contributed by atoms with Gasteiger partial charge in [-0.15, -0.1) is 0 Å². The van der Waals surface area contributed by atoms with Crippen molar-refractivity contribution in [3.05, 3.63) is 71.3 Å². The van der Waals surface area contributed by atoms with Gasteiger partial charge in [0, 0.05) is 31.0 Å². The van der Waals surface area contributed by atoms with Gasteiger partial charge in [-0.1, -0.05) is 48.5 Å². The van der Waals surface area contributed by atoms with Crippen LogP contribution in [0.2, 0.25) is 0 Å². The predicted molar refractivity (Wildman–Crippen MR) is 104 cm³/mol. The molecule has 1 aliphatic heterocycles. The van der Waals surface area contributed by atoms with E-state index < -0.39 is 0 Å². The van der Waals surface area contributed by atoms with Crippen molar-refractivity contribution < 1.29 is 9.59 Å². The summed E-state index contributed by atoms with van der Waals surface area (Å²) >= 11 is 0. The van der Waals surface area contributed by atoms with E-state index in [-0.39, 0.29) is 11.7 Å². The molecule has 1 heterocycles. The molecule has 26 heavy (non-hydrogen) atoms. The van der Waals surface area contributed by atoms with Gasteiger partial charge in [0.15, 0.2) is 5.78 Å². The zero-order valence-corrected chi connectivity index (χ0v) is 15.5. The fourth-order valence-electron chi connectivity index (χ4n) is 3.73. The maximum absolute atomic E-state index is 12.6. The lowest BCUT2D eigenvalue weighted by Gasteiger charge is -2.32. The number of ketones is 2. The van der Waals surface area contributed by atoms with Gasteiger partial charge in [0.25, 0.3) is 0 Å². The van der Waals surface area contributed by atoms with Crippen molar-refractivity contribution in [1.29, 1.82) is 0 Å². The second-order valence-electron chi connectivity index (χ2n) is 7.28. The van der Waals surface area contributed by atoms with Crippen molar-refractivity contribution in [1.82, 2.24) is 4.90 Å². The lowest BCUT2D eigenvalue weighted by Crippen LogP contribution is -2.38. The first-order chi connectivity index (χ1) is 12.6. The van der Waals surface area contributed by atoms with Gasteiger partial charge in [0.05, 0.1) is 0 Å². The Morgan fingerprint density at radius 3 is 2.58 bits per heavy atom. The minimum absolute atomic E-state index is 0.0967. The summed E-state index contributed by atoms with van der Waals surface area (Å²) < 4.78 is 0. The lowest BCUT2D eigenvalue weighted by atomic mass is 9.90. The van der Waals surface area contributed by atoms with Crippen LogP contribution in [0, 0.1) is 5.92 Å². The molecule has 1 aliphatic rings. The van der Waals surface area contributed by atoms with Crippen LogP contribution in [0.3, 0.4) is 0 Å². The summed E-state index contributed by atoms with van der Waals surface area (Å²) in [5, 5.41) is 0. The number of benzene rings is 2. The third-order valence-electron chi connectivity index (χ3n) is 5.20. The Bertz CT molecular complexity index is 754. The molecule has 3 nitrogen and oxygen atoms in total. The molecule has 0 spiro atoms. The third kappa shape index (κ3) is 5.12. The first-order valence-corrected chi connectivity index (χ1v) is 9.50. The summed E-state index contributed by atoms with van der Waals surface area (Å²) in [4.78, 5) is 26.6. The molecule has 136 valence electrons. The Morgan fingerprint density at radius 1 is 1.04 bits per heavy atom. The maximum Gasteiger partial charge on any atom is 0.159 e. The number of likely N-dealkylation sites (tertiary alicyclic amines) is 1. The third-order valence-corrected chi connectivity index (χ3v) is 5.20. The molecule has 3 heteroatoms. The smallest absolute Gasteiger partial charge is 0.159 e. The Hall–Kier alpha value is -2.26. The largest absolute Gasteiger partial charge is 0.299 e. The van der Waals surface area contributed by atoms with Gasteiger partial charge in [0.2, 0.25) is 0 Å². The number of rotatable bonds is 7. The van der Waals surface area contributed by atoms with Crippen LogP contribution in [0.25, 0.3) is 0 Å². The van der Waals surface area contributed by atoms with E-state index in [1.807, 2.05) is 36.4 Å². The van der Waals surface area contributed by atoms with E-state index in [1.165, 1.54) is 5.56 Å². The van der Waals surface area contributed by atoms with Gasteiger partial charge >= 0.3 is 0 Å². The monoisotopic (exact) mass is 349 g/mol. The number of carbonyl (C=O) groups is 2. The highest BCUT2D eigenvalue weighted by Gasteiger charge is 2.25. The van der Waals surface area contributed by atoms with Crippen molar-refractivity contribution in [2.75, 3.05) is 13.1 Å². The zero-order valence-electron chi connectivity index (χ0n) is 15.5. The normalized spacial score (nSPS) is 17.8. The highest BCUT2D eigenvalue weighted by molar-refractivity contribution is 5.94. The summed E-state index contributed by atoms with van der Waals surface area (Å²) in [6.07, 6.45) is 3.52. The molecule has 1 saturated heterocycles.